The summed E-state index contributed by atoms with van der Waals surface area (Å²) in [4.78, 5) is 25.8. The lowest BCUT2D eigenvalue weighted by Gasteiger charge is -2.23. The summed E-state index contributed by atoms with van der Waals surface area (Å²) in [7, 11) is 0. The van der Waals surface area contributed by atoms with Gasteiger partial charge < -0.3 is 10.2 Å². The van der Waals surface area contributed by atoms with Gasteiger partial charge in [0.25, 0.3) is 0 Å². The van der Waals surface area contributed by atoms with Gasteiger partial charge in [-0.1, -0.05) is 56.1 Å². The number of halogens is 2. The molecule has 2 rings (SSSR count). The second kappa shape index (κ2) is 8.11. The van der Waals surface area contributed by atoms with E-state index in [9.17, 15) is 9.59 Å². The molecule has 6 heteroatoms. The van der Waals surface area contributed by atoms with Gasteiger partial charge in [0.1, 0.15) is 6.54 Å². The van der Waals surface area contributed by atoms with Gasteiger partial charge in [-0.3, -0.25) is 9.59 Å². The van der Waals surface area contributed by atoms with Gasteiger partial charge in [-0.25, -0.2) is 0 Å². The van der Waals surface area contributed by atoms with E-state index >= 15 is 0 Å². The molecular formula is C20H22Cl2N2O2. The standard InChI is InChI=1S/C20H22Cl2N2O2/c1-13(25)24(16-8-5-14(6-9-16)20(2,3)4)12-19(26)23-18-10-7-15(21)11-17(18)22/h5-11H,12H2,1-4H3,(H,23,26). The topological polar surface area (TPSA) is 49.4 Å². The highest BCUT2D eigenvalue weighted by molar-refractivity contribution is 6.36. The van der Waals surface area contributed by atoms with Crippen molar-refractivity contribution in [2.24, 2.45) is 0 Å². The van der Waals surface area contributed by atoms with Crippen molar-refractivity contribution >= 4 is 46.4 Å². The Bertz CT molecular complexity index is 812. The Kier molecular flexibility index (Phi) is 6.32. The van der Waals surface area contributed by atoms with Gasteiger partial charge in [-0.15, -0.1) is 0 Å². The maximum Gasteiger partial charge on any atom is 0.244 e. The molecule has 1 N–H and O–H groups in total. The van der Waals surface area contributed by atoms with Gasteiger partial charge in [0.05, 0.1) is 10.7 Å². The number of nitrogens with zero attached hydrogens (tertiary/aromatic N) is 1. The summed E-state index contributed by atoms with van der Waals surface area (Å²) in [5, 5.41) is 3.53. The van der Waals surface area contributed by atoms with Crippen LogP contribution in [0.5, 0.6) is 0 Å². The number of carbonyl (C=O) groups is 2. The minimum absolute atomic E-state index is 0.0162. The molecule has 0 unspecified atom stereocenters. The minimum atomic E-state index is -0.343. The summed E-state index contributed by atoms with van der Waals surface area (Å²) in [5.41, 5.74) is 2.29. The molecular weight excluding hydrogens is 371 g/mol. The van der Waals surface area contributed by atoms with Crippen LogP contribution in [0.2, 0.25) is 10.0 Å². The molecule has 0 fully saturated rings. The third-order valence-electron chi connectivity index (χ3n) is 3.93. The van der Waals surface area contributed by atoms with E-state index in [0.717, 1.165) is 5.56 Å². The average Bonchev–Trinajstić information content (AvgIpc) is 2.54. The fourth-order valence-electron chi connectivity index (χ4n) is 2.45. The molecule has 0 atom stereocenters. The monoisotopic (exact) mass is 392 g/mol. The first-order chi connectivity index (χ1) is 12.1. The molecule has 0 radical (unpaired) electrons. The zero-order chi connectivity index (χ0) is 19.5. The lowest BCUT2D eigenvalue weighted by atomic mass is 9.87. The third-order valence-corrected chi connectivity index (χ3v) is 4.48. The van der Waals surface area contributed by atoms with Crippen LogP contribution in [-0.2, 0) is 15.0 Å². The number of hydrogen-bond donors (Lipinski definition) is 1. The molecule has 0 spiro atoms. The minimum Gasteiger partial charge on any atom is -0.323 e. The molecule has 0 aliphatic heterocycles. The first-order valence-corrected chi connectivity index (χ1v) is 8.97. The maximum atomic E-state index is 12.4. The van der Waals surface area contributed by atoms with Crippen molar-refractivity contribution in [2.45, 2.75) is 33.1 Å². The summed E-state index contributed by atoms with van der Waals surface area (Å²) in [6.07, 6.45) is 0. The second-order valence-corrected chi connectivity index (χ2v) is 7.92. The SMILES string of the molecule is CC(=O)N(CC(=O)Nc1ccc(Cl)cc1Cl)c1ccc(C(C)(C)C)cc1. The Morgan fingerprint density at radius 2 is 1.65 bits per heavy atom. The average molecular weight is 393 g/mol. The fraction of sp³-hybridized carbons (Fsp3) is 0.300. The molecule has 0 aliphatic carbocycles. The fourth-order valence-corrected chi connectivity index (χ4v) is 2.91. The first kappa shape index (κ1) is 20.3. The predicted octanol–water partition coefficient (Wildman–Crippen LogP) is 5.28. The van der Waals surface area contributed by atoms with E-state index in [-0.39, 0.29) is 23.8 Å². The molecule has 0 bridgehead atoms. The Morgan fingerprint density at radius 1 is 1.04 bits per heavy atom. The third kappa shape index (κ3) is 5.23. The van der Waals surface area contributed by atoms with Gasteiger partial charge in [0, 0.05) is 17.6 Å². The van der Waals surface area contributed by atoms with Gasteiger partial charge in [-0.2, -0.15) is 0 Å². The Balaban J connectivity index is 2.15. The molecule has 0 saturated carbocycles. The maximum absolute atomic E-state index is 12.4. The molecule has 26 heavy (non-hydrogen) atoms. The lowest BCUT2D eigenvalue weighted by molar-refractivity contribution is -0.120. The van der Waals surface area contributed by atoms with Crippen molar-refractivity contribution in [2.75, 3.05) is 16.8 Å². The van der Waals surface area contributed by atoms with Crippen LogP contribution in [0.3, 0.4) is 0 Å². The Morgan fingerprint density at radius 3 is 2.15 bits per heavy atom. The summed E-state index contributed by atoms with van der Waals surface area (Å²) in [5.74, 6) is -0.560. The molecule has 4 nitrogen and oxygen atoms in total. The number of hydrogen-bond acceptors (Lipinski definition) is 2. The van der Waals surface area contributed by atoms with Crippen molar-refractivity contribution in [3.05, 3.63) is 58.1 Å². The van der Waals surface area contributed by atoms with E-state index in [2.05, 4.69) is 26.1 Å². The summed E-state index contributed by atoms with van der Waals surface area (Å²) < 4.78 is 0. The number of carbonyl (C=O) groups excluding carboxylic acids is 2. The van der Waals surface area contributed by atoms with E-state index < -0.39 is 0 Å². The number of anilines is 2. The largest absolute Gasteiger partial charge is 0.323 e. The van der Waals surface area contributed by atoms with E-state index in [4.69, 9.17) is 23.2 Å². The summed E-state index contributed by atoms with van der Waals surface area (Å²) in [6.45, 7) is 7.68. The summed E-state index contributed by atoms with van der Waals surface area (Å²) >= 11 is 11.9. The van der Waals surface area contributed by atoms with Gasteiger partial charge in [0.2, 0.25) is 11.8 Å². The summed E-state index contributed by atoms with van der Waals surface area (Å²) in [6, 6.07) is 12.5. The molecule has 0 aromatic heterocycles. The smallest absolute Gasteiger partial charge is 0.244 e. The van der Waals surface area contributed by atoms with E-state index in [1.54, 1.807) is 18.2 Å². The van der Waals surface area contributed by atoms with Crippen molar-refractivity contribution in [1.29, 1.82) is 0 Å². The molecule has 0 aliphatic rings. The van der Waals surface area contributed by atoms with Gasteiger partial charge >= 0.3 is 0 Å². The van der Waals surface area contributed by atoms with Crippen molar-refractivity contribution < 1.29 is 9.59 Å². The molecule has 2 aromatic rings. The Labute approximate surface area is 164 Å². The van der Waals surface area contributed by atoms with Crippen LogP contribution in [-0.4, -0.2) is 18.4 Å². The van der Waals surface area contributed by atoms with Crippen LogP contribution in [0, 0.1) is 0 Å². The predicted molar refractivity (Wildman–Crippen MR) is 108 cm³/mol. The number of amides is 2. The van der Waals surface area contributed by atoms with Crippen LogP contribution >= 0.6 is 23.2 Å². The number of benzene rings is 2. The Hall–Kier alpha value is -2.04. The lowest BCUT2D eigenvalue weighted by Crippen LogP contribution is -2.36. The van der Waals surface area contributed by atoms with E-state index in [0.29, 0.717) is 21.4 Å². The van der Waals surface area contributed by atoms with Crippen molar-refractivity contribution in [3.63, 3.8) is 0 Å². The second-order valence-electron chi connectivity index (χ2n) is 7.07. The normalized spacial score (nSPS) is 11.2. The number of rotatable bonds is 4. The molecule has 2 amide bonds. The van der Waals surface area contributed by atoms with Crippen molar-refractivity contribution in [1.82, 2.24) is 0 Å². The van der Waals surface area contributed by atoms with Crippen LogP contribution < -0.4 is 10.2 Å². The molecule has 0 heterocycles. The highest BCUT2D eigenvalue weighted by Gasteiger charge is 2.18. The van der Waals surface area contributed by atoms with Crippen LogP contribution in [0.1, 0.15) is 33.3 Å². The van der Waals surface area contributed by atoms with Gasteiger partial charge in [-0.05, 0) is 41.3 Å². The van der Waals surface area contributed by atoms with Crippen molar-refractivity contribution in [3.8, 4) is 0 Å². The molecule has 0 saturated heterocycles. The quantitative estimate of drug-likeness (QED) is 0.768. The zero-order valence-corrected chi connectivity index (χ0v) is 16.8. The number of nitrogens with one attached hydrogen (secondary N) is 1. The first-order valence-electron chi connectivity index (χ1n) is 8.21. The zero-order valence-electron chi connectivity index (χ0n) is 15.3. The van der Waals surface area contributed by atoms with Gasteiger partial charge in [0.15, 0.2) is 0 Å². The highest BCUT2D eigenvalue weighted by atomic mass is 35.5. The van der Waals surface area contributed by atoms with E-state index in [1.165, 1.54) is 11.8 Å². The van der Waals surface area contributed by atoms with Crippen LogP contribution in [0.25, 0.3) is 0 Å². The van der Waals surface area contributed by atoms with Crippen LogP contribution in [0.4, 0.5) is 11.4 Å². The molecule has 138 valence electrons. The highest BCUT2D eigenvalue weighted by Crippen LogP contribution is 2.27. The molecule has 2 aromatic carbocycles. The van der Waals surface area contributed by atoms with Crippen LogP contribution in [0.15, 0.2) is 42.5 Å². The van der Waals surface area contributed by atoms with E-state index in [1.807, 2.05) is 24.3 Å².